The molecule has 0 aromatic carbocycles. The molecule has 0 fully saturated rings. The van der Waals surface area contributed by atoms with E-state index < -0.39 is 0 Å². The van der Waals surface area contributed by atoms with Gasteiger partial charge in [-0.1, -0.05) is 0 Å². The van der Waals surface area contributed by atoms with E-state index in [9.17, 15) is 4.79 Å². The molecule has 6 nitrogen and oxygen atoms in total. The normalized spacial score (nSPS) is 10.2. The molecule has 1 amide bonds. The van der Waals surface area contributed by atoms with Crippen LogP contribution >= 0.6 is 11.8 Å². The number of rotatable bonds is 2. The average molecular weight is 247 g/mol. The van der Waals surface area contributed by atoms with E-state index in [1.807, 2.05) is 12.3 Å². The Morgan fingerprint density at radius 2 is 2.41 bits per heavy atom. The summed E-state index contributed by atoms with van der Waals surface area (Å²) >= 11 is 1.35. The molecule has 0 unspecified atom stereocenters. The number of amides is 1. The number of carbonyl (C=O) groups excluding carboxylic acids is 1. The first-order valence-corrected chi connectivity index (χ1v) is 5.99. The van der Waals surface area contributed by atoms with Crippen LogP contribution in [0.1, 0.15) is 12.5 Å². The monoisotopic (exact) mass is 247 g/mol. The van der Waals surface area contributed by atoms with Crippen molar-refractivity contribution in [1.82, 2.24) is 14.6 Å². The molecule has 2 aromatic rings. The van der Waals surface area contributed by atoms with E-state index in [4.69, 9.17) is 5.26 Å². The number of hydrogen-bond donors (Lipinski definition) is 1. The zero-order valence-corrected chi connectivity index (χ0v) is 10.1. The largest absolute Gasteiger partial charge is 0.310 e. The fourth-order valence-corrected chi connectivity index (χ4v) is 1.98. The lowest BCUT2D eigenvalue weighted by atomic mass is 10.3. The fraction of sp³-hybridized carbons (Fsp3) is 0.200. The topological polar surface area (TPSA) is 83.1 Å². The number of nitrogens with one attached hydrogen (secondary N) is 1. The fourth-order valence-electron chi connectivity index (χ4n) is 1.45. The van der Waals surface area contributed by atoms with Crippen LogP contribution in [0.25, 0.3) is 5.65 Å². The summed E-state index contributed by atoms with van der Waals surface area (Å²) in [5, 5.41) is 16.4. The Morgan fingerprint density at radius 3 is 3.00 bits per heavy atom. The second kappa shape index (κ2) is 4.43. The molecule has 0 aliphatic heterocycles. The van der Waals surface area contributed by atoms with Gasteiger partial charge in [0.25, 0.3) is 0 Å². The van der Waals surface area contributed by atoms with Crippen LogP contribution in [0.15, 0.2) is 17.3 Å². The highest BCUT2D eigenvalue weighted by Gasteiger charge is 2.16. The average Bonchev–Trinajstić information content (AvgIpc) is 2.75. The minimum Gasteiger partial charge on any atom is -0.310 e. The maximum atomic E-state index is 11.2. The van der Waals surface area contributed by atoms with Crippen molar-refractivity contribution in [3.8, 4) is 6.07 Å². The highest BCUT2D eigenvalue weighted by atomic mass is 32.2. The third kappa shape index (κ3) is 1.94. The van der Waals surface area contributed by atoms with Crippen molar-refractivity contribution >= 4 is 29.1 Å². The van der Waals surface area contributed by atoms with E-state index in [0.717, 1.165) is 0 Å². The van der Waals surface area contributed by atoms with Crippen LogP contribution in [0.3, 0.4) is 0 Å². The maximum Gasteiger partial charge on any atom is 0.222 e. The van der Waals surface area contributed by atoms with Crippen molar-refractivity contribution in [3.63, 3.8) is 0 Å². The number of hydrogen-bond acceptors (Lipinski definition) is 5. The van der Waals surface area contributed by atoms with Gasteiger partial charge in [-0.05, 0) is 6.26 Å². The van der Waals surface area contributed by atoms with Crippen LogP contribution in [0, 0.1) is 11.3 Å². The molecule has 7 heteroatoms. The van der Waals surface area contributed by atoms with Crippen molar-refractivity contribution in [3.05, 3.63) is 17.8 Å². The number of nitriles is 1. The van der Waals surface area contributed by atoms with Gasteiger partial charge in [0.2, 0.25) is 5.91 Å². The summed E-state index contributed by atoms with van der Waals surface area (Å²) in [5.74, 6) is 0.107. The Kier molecular flexibility index (Phi) is 2.97. The third-order valence-corrected chi connectivity index (χ3v) is 2.78. The Balaban J connectivity index is 2.78. The summed E-state index contributed by atoms with van der Waals surface area (Å²) < 4.78 is 1.44. The third-order valence-electron chi connectivity index (χ3n) is 2.10. The molecule has 0 saturated heterocycles. The van der Waals surface area contributed by atoms with Gasteiger partial charge in [0.05, 0.1) is 6.20 Å². The van der Waals surface area contributed by atoms with Crippen molar-refractivity contribution in [2.24, 2.45) is 0 Å². The van der Waals surface area contributed by atoms with Gasteiger partial charge in [-0.15, -0.1) is 11.8 Å². The lowest BCUT2D eigenvalue weighted by molar-refractivity contribution is -0.114. The Bertz CT molecular complexity index is 627. The van der Waals surface area contributed by atoms with Crippen molar-refractivity contribution in [2.45, 2.75) is 11.9 Å². The molecule has 0 aliphatic carbocycles. The molecule has 2 heterocycles. The van der Waals surface area contributed by atoms with Crippen molar-refractivity contribution < 1.29 is 4.79 Å². The molecule has 2 aromatic heterocycles. The van der Waals surface area contributed by atoms with Crippen LogP contribution in [-0.2, 0) is 4.79 Å². The Hall–Kier alpha value is -2.07. The van der Waals surface area contributed by atoms with Gasteiger partial charge in [0.15, 0.2) is 11.5 Å². The summed E-state index contributed by atoms with van der Waals surface area (Å²) in [6.07, 6.45) is 3.40. The van der Waals surface area contributed by atoms with Crippen molar-refractivity contribution in [2.75, 3.05) is 11.6 Å². The van der Waals surface area contributed by atoms with E-state index >= 15 is 0 Å². The molecule has 2 rings (SSSR count). The molecular weight excluding hydrogens is 238 g/mol. The van der Waals surface area contributed by atoms with Gasteiger partial charge < -0.3 is 5.32 Å². The van der Waals surface area contributed by atoms with E-state index in [-0.39, 0.29) is 5.91 Å². The summed E-state index contributed by atoms with van der Waals surface area (Å²) in [4.78, 5) is 15.4. The Labute approximate surface area is 102 Å². The maximum absolute atomic E-state index is 11.2. The zero-order chi connectivity index (χ0) is 12.4. The number of anilines is 1. The molecular formula is C10H9N5OS. The SMILES string of the molecule is CSc1nc2ccnn2c(NC(C)=O)c1C#N. The van der Waals surface area contributed by atoms with Gasteiger partial charge in [0, 0.05) is 13.0 Å². The smallest absolute Gasteiger partial charge is 0.222 e. The van der Waals surface area contributed by atoms with E-state index in [0.29, 0.717) is 22.1 Å². The van der Waals surface area contributed by atoms with Gasteiger partial charge >= 0.3 is 0 Å². The second-order valence-corrected chi connectivity index (χ2v) is 4.03. The van der Waals surface area contributed by atoms with Crippen LogP contribution in [0.5, 0.6) is 0 Å². The molecule has 0 radical (unpaired) electrons. The number of aromatic nitrogens is 3. The van der Waals surface area contributed by atoms with Crippen molar-refractivity contribution in [1.29, 1.82) is 5.26 Å². The number of thioether (sulfide) groups is 1. The lowest BCUT2D eigenvalue weighted by Gasteiger charge is -2.09. The lowest BCUT2D eigenvalue weighted by Crippen LogP contribution is -2.13. The Morgan fingerprint density at radius 1 is 1.65 bits per heavy atom. The second-order valence-electron chi connectivity index (χ2n) is 3.24. The quantitative estimate of drug-likeness (QED) is 0.638. The summed E-state index contributed by atoms with van der Waals surface area (Å²) in [6.45, 7) is 1.38. The molecule has 0 saturated carbocycles. The molecule has 0 bridgehead atoms. The van der Waals surface area contributed by atoms with Crippen LogP contribution in [-0.4, -0.2) is 26.8 Å². The minimum atomic E-state index is -0.253. The number of nitrogens with zero attached hydrogens (tertiary/aromatic N) is 4. The molecule has 0 atom stereocenters. The first-order chi connectivity index (χ1) is 8.17. The molecule has 1 N–H and O–H groups in total. The van der Waals surface area contributed by atoms with Gasteiger partial charge in [-0.25, -0.2) is 4.98 Å². The predicted molar refractivity (Wildman–Crippen MR) is 63.8 cm³/mol. The highest BCUT2D eigenvalue weighted by Crippen LogP contribution is 2.25. The van der Waals surface area contributed by atoms with Crippen LogP contribution in [0.2, 0.25) is 0 Å². The first-order valence-electron chi connectivity index (χ1n) is 4.76. The van der Waals surface area contributed by atoms with Gasteiger partial charge in [-0.3, -0.25) is 4.79 Å². The van der Waals surface area contributed by atoms with E-state index in [2.05, 4.69) is 15.4 Å². The summed E-state index contributed by atoms with van der Waals surface area (Å²) in [5.41, 5.74) is 0.918. The highest BCUT2D eigenvalue weighted by molar-refractivity contribution is 7.98. The molecule has 17 heavy (non-hydrogen) atoms. The van der Waals surface area contributed by atoms with Crippen LogP contribution in [0.4, 0.5) is 5.82 Å². The zero-order valence-electron chi connectivity index (χ0n) is 9.26. The molecule has 0 spiro atoms. The summed E-state index contributed by atoms with van der Waals surface area (Å²) in [7, 11) is 0. The van der Waals surface area contributed by atoms with E-state index in [1.165, 1.54) is 23.2 Å². The van der Waals surface area contributed by atoms with Gasteiger partial charge in [-0.2, -0.15) is 14.9 Å². The van der Waals surface area contributed by atoms with Crippen LogP contribution < -0.4 is 5.32 Å². The number of fused-ring (bicyclic) bond motifs is 1. The molecule has 0 aliphatic rings. The van der Waals surface area contributed by atoms with E-state index in [1.54, 1.807) is 12.3 Å². The number of carbonyl (C=O) groups is 1. The molecule has 86 valence electrons. The minimum absolute atomic E-state index is 0.253. The van der Waals surface area contributed by atoms with Gasteiger partial charge in [0.1, 0.15) is 16.7 Å². The summed E-state index contributed by atoms with van der Waals surface area (Å²) in [6, 6.07) is 3.76. The first kappa shape index (κ1) is 11.4. The predicted octanol–water partition coefficient (Wildman–Crippen LogP) is 1.28. The standard InChI is InChI=1S/C10H9N5OS/c1-6(16)13-9-7(5-11)10(17-2)14-8-3-4-12-15(8)9/h3-4H,1-2H3,(H,13,16).